The lowest BCUT2D eigenvalue weighted by Crippen LogP contribution is -2.19. The number of primary amides is 1. The number of aryl methyl sites for hydroxylation is 2. The number of hydrogen-bond acceptors (Lipinski definition) is 21. The van der Waals surface area contributed by atoms with Gasteiger partial charge in [-0.1, -0.05) is 11.1 Å². The second-order valence-electron chi connectivity index (χ2n) is 12.0. The number of halogens is 1. The summed E-state index contributed by atoms with van der Waals surface area (Å²) in [5, 5.41) is 36.6. The van der Waals surface area contributed by atoms with E-state index in [1.54, 1.807) is 32.0 Å². The maximum atomic E-state index is 12.7. The van der Waals surface area contributed by atoms with Crippen LogP contribution in [0, 0.1) is 13.8 Å². The Bertz CT molecular complexity index is 2870. The van der Waals surface area contributed by atoms with Crippen LogP contribution < -0.4 is 21.7 Å². The highest BCUT2D eigenvalue weighted by molar-refractivity contribution is 7.94. The van der Waals surface area contributed by atoms with E-state index in [-0.39, 0.29) is 49.7 Å². The summed E-state index contributed by atoms with van der Waals surface area (Å²) in [6, 6.07) is 15.8. The van der Waals surface area contributed by atoms with Crippen LogP contribution in [0.1, 0.15) is 11.1 Å². The molecule has 0 aliphatic carbocycles. The quantitative estimate of drug-likeness (QED) is 0.0150. The molecule has 1 aromatic heterocycles. The molecule has 0 aliphatic heterocycles. The number of nitrogens with zero attached hydrogens (tertiary/aromatic N) is 7. The molecular formula is C32H30ClN11O13S4. The number of nitrogens with two attached hydrogens (primary N) is 1. The van der Waals surface area contributed by atoms with Gasteiger partial charge in [-0.15, -0.1) is 14.6 Å². The minimum Gasteiger partial charge on any atom is -0.351 e. The molecule has 0 fully saturated rings. The van der Waals surface area contributed by atoms with Crippen LogP contribution in [0.25, 0.3) is 0 Å². The van der Waals surface area contributed by atoms with Crippen LogP contribution >= 0.6 is 23.6 Å². The van der Waals surface area contributed by atoms with Gasteiger partial charge in [0.25, 0.3) is 10.1 Å². The van der Waals surface area contributed by atoms with Crippen molar-refractivity contribution in [3.8, 4) is 0 Å². The second kappa shape index (κ2) is 19.7. The van der Waals surface area contributed by atoms with Gasteiger partial charge in [0.1, 0.15) is 16.3 Å². The zero-order valence-electron chi connectivity index (χ0n) is 31.0. The van der Waals surface area contributed by atoms with Crippen LogP contribution in [0.3, 0.4) is 0 Å². The first-order valence-electron chi connectivity index (χ1n) is 16.5. The number of aromatic nitrogens is 3. The highest BCUT2D eigenvalue weighted by Crippen LogP contribution is 2.36. The molecule has 61 heavy (non-hydrogen) atoms. The maximum absolute atomic E-state index is 12.7. The van der Waals surface area contributed by atoms with Crippen molar-refractivity contribution in [1.29, 1.82) is 0 Å². The van der Waals surface area contributed by atoms with Crippen LogP contribution in [-0.2, 0) is 43.9 Å². The lowest BCUT2D eigenvalue weighted by atomic mass is 10.1. The zero-order valence-corrected chi connectivity index (χ0v) is 35.0. The average molecular weight is 940 g/mol. The van der Waals surface area contributed by atoms with Crippen LogP contribution in [0.2, 0.25) is 5.28 Å². The molecular weight excluding hydrogens is 910 g/mol. The Morgan fingerprint density at radius 2 is 1.39 bits per heavy atom. The molecule has 0 radical (unpaired) electrons. The molecule has 322 valence electrons. The van der Waals surface area contributed by atoms with E-state index >= 15 is 0 Å². The molecule has 0 saturated heterocycles. The molecule has 5 aromatic rings. The average Bonchev–Trinajstić information content (AvgIpc) is 3.16. The molecule has 0 spiro atoms. The van der Waals surface area contributed by atoms with E-state index in [9.17, 15) is 34.6 Å². The van der Waals surface area contributed by atoms with Gasteiger partial charge in [0.2, 0.25) is 17.2 Å². The van der Waals surface area contributed by atoms with Gasteiger partial charge in [-0.2, -0.15) is 42.0 Å². The van der Waals surface area contributed by atoms with E-state index in [1.165, 1.54) is 48.5 Å². The van der Waals surface area contributed by atoms with Crippen LogP contribution in [0.15, 0.2) is 108 Å². The van der Waals surface area contributed by atoms with Crippen molar-refractivity contribution in [2.45, 2.75) is 28.5 Å². The van der Waals surface area contributed by atoms with Gasteiger partial charge in [0.15, 0.2) is 9.84 Å². The fourth-order valence-corrected chi connectivity index (χ4v) is 7.59. The molecule has 0 aliphatic rings. The summed E-state index contributed by atoms with van der Waals surface area (Å²) in [6.07, 6.45) is 0. The summed E-state index contributed by atoms with van der Waals surface area (Å²) < 4.78 is 97.7. The number of azo groups is 2. The summed E-state index contributed by atoms with van der Waals surface area (Å²) in [5.74, 6) is -0.941. The van der Waals surface area contributed by atoms with Crippen molar-refractivity contribution in [1.82, 2.24) is 15.0 Å². The number of urea groups is 1. The Kier molecular flexibility index (Phi) is 15.0. The third-order valence-electron chi connectivity index (χ3n) is 7.57. The fraction of sp³-hybridized carbons (Fsp3) is 0.125. The zero-order chi connectivity index (χ0) is 44.5. The van der Waals surface area contributed by atoms with Gasteiger partial charge >= 0.3 is 16.4 Å². The predicted molar refractivity (Wildman–Crippen MR) is 218 cm³/mol. The molecule has 1 heterocycles. The minimum atomic E-state index is -4.83. The summed E-state index contributed by atoms with van der Waals surface area (Å²) in [5.41, 5.74) is 7.80. The van der Waals surface area contributed by atoms with Gasteiger partial charge in [-0.25, -0.2) is 22.7 Å². The van der Waals surface area contributed by atoms with Crippen molar-refractivity contribution in [2.24, 2.45) is 26.2 Å². The van der Waals surface area contributed by atoms with Crippen molar-refractivity contribution in [2.75, 3.05) is 28.3 Å². The highest BCUT2D eigenvalue weighted by atomic mass is 35.5. The van der Waals surface area contributed by atoms with E-state index in [2.05, 4.69) is 64.9 Å². The van der Waals surface area contributed by atoms with Gasteiger partial charge in [0.05, 0.1) is 46.4 Å². The SMILES string of the molecule is Cc1cc(N=Nc2cc(SOOO)ccc2S(=O)(=O)O)c(C)cc1N=Nc1ccc(Nc2nc(Cl)nc(Nc3cccc(S(=O)(=O)CCOS(=O)(=O)O)c3)n2)cc1NC(N)=O. The number of rotatable bonds is 18. The molecule has 24 nitrogen and oxygen atoms in total. The summed E-state index contributed by atoms with van der Waals surface area (Å²) in [4.78, 5) is 23.8. The number of amides is 2. The Balaban J connectivity index is 1.34. The van der Waals surface area contributed by atoms with Crippen molar-refractivity contribution >= 4 is 112 Å². The van der Waals surface area contributed by atoms with Crippen molar-refractivity contribution < 1.29 is 58.0 Å². The molecule has 0 bridgehead atoms. The lowest BCUT2D eigenvalue weighted by Gasteiger charge is -2.12. The fourth-order valence-electron chi connectivity index (χ4n) is 4.90. The Morgan fingerprint density at radius 1 is 0.787 bits per heavy atom. The van der Waals surface area contributed by atoms with E-state index in [0.717, 1.165) is 6.07 Å². The molecule has 0 saturated carbocycles. The van der Waals surface area contributed by atoms with E-state index < -0.39 is 53.6 Å². The molecule has 4 aromatic carbocycles. The van der Waals surface area contributed by atoms with Gasteiger partial charge in [0, 0.05) is 16.3 Å². The molecule has 0 unspecified atom stereocenters. The number of sulfone groups is 1. The van der Waals surface area contributed by atoms with E-state index in [1.807, 2.05) is 0 Å². The third kappa shape index (κ3) is 13.6. The molecule has 0 atom stereocenters. The van der Waals surface area contributed by atoms with E-state index in [0.29, 0.717) is 40.2 Å². The predicted octanol–water partition coefficient (Wildman–Crippen LogP) is 7.22. The summed E-state index contributed by atoms with van der Waals surface area (Å²) >= 11 is 6.69. The smallest absolute Gasteiger partial charge is 0.351 e. The maximum Gasteiger partial charge on any atom is 0.397 e. The normalized spacial score (nSPS) is 12.2. The first-order valence-corrected chi connectivity index (χ1v) is 22.1. The summed E-state index contributed by atoms with van der Waals surface area (Å²) in [6.45, 7) is 2.57. The summed E-state index contributed by atoms with van der Waals surface area (Å²) in [7, 11) is -13.6. The molecule has 5 rings (SSSR count). The number of benzene rings is 4. The van der Waals surface area contributed by atoms with Gasteiger partial charge in [-0.05, 0) is 103 Å². The lowest BCUT2D eigenvalue weighted by molar-refractivity contribution is -0.432. The number of carbonyl (C=O) groups excluding carboxylic acids is 1. The minimum absolute atomic E-state index is 0.0810. The van der Waals surface area contributed by atoms with Gasteiger partial charge < -0.3 is 21.7 Å². The highest BCUT2D eigenvalue weighted by Gasteiger charge is 2.19. The number of anilines is 5. The molecule has 8 N–H and O–H groups in total. The second-order valence-corrected chi connectivity index (χ2v) is 17.7. The Morgan fingerprint density at radius 3 is 1.98 bits per heavy atom. The number of carbonyl (C=O) groups is 1. The number of hydrogen-bond donors (Lipinski definition) is 7. The first kappa shape index (κ1) is 46.3. The van der Waals surface area contributed by atoms with Crippen molar-refractivity contribution in [3.63, 3.8) is 0 Å². The van der Waals surface area contributed by atoms with Crippen LogP contribution in [-0.4, -0.2) is 73.0 Å². The molecule has 29 heteroatoms. The van der Waals surface area contributed by atoms with Crippen LogP contribution in [0.4, 0.5) is 56.5 Å². The Labute approximate surface area is 355 Å². The molecule has 2 amide bonds. The van der Waals surface area contributed by atoms with E-state index in [4.69, 9.17) is 27.1 Å². The standard InChI is InChI=1S/C32H30ClN11O13S4/c1-17-13-25(43-44-27-16-21(58-57-56-46)7-9-28(27)60(49,50)51)18(2)12-24(17)42-41-23-8-6-20(15-26(23)37-30(34)45)36-32-39-29(33)38-31(40-32)35-19-4-3-5-22(14-19)59(47,48)11-10-55-61(52,53)54/h3-9,12-16,46H,10-11H2,1-2H3,(H3,34,37,45)(H,49,50,51)(H,52,53,54)(H2,35,36,38,39,40). The van der Waals surface area contributed by atoms with Crippen LogP contribution in [0.5, 0.6) is 0 Å². The van der Waals surface area contributed by atoms with Gasteiger partial charge in [-0.3, -0.25) is 9.11 Å². The monoisotopic (exact) mass is 939 g/mol. The topological polar surface area (TPSA) is 358 Å². The Hall–Kier alpha value is -5.79. The third-order valence-corrected chi connectivity index (χ3v) is 11.4. The first-order chi connectivity index (χ1) is 28.7. The largest absolute Gasteiger partial charge is 0.397 e. The number of nitrogens with one attached hydrogen (secondary N) is 3. The van der Waals surface area contributed by atoms with Crippen molar-refractivity contribution in [3.05, 3.63) is 89.2 Å².